The number of carbonyl (C=O) groups excluding carboxylic acids is 3. The molecular formula is C20H26N2O5. The first kappa shape index (κ1) is 19.4. The summed E-state index contributed by atoms with van der Waals surface area (Å²) in [6.45, 7) is 1.28. The molecule has 146 valence electrons. The summed E-state index contributed by atoms with van der Waals surface area (Å²) in [6.07, 6.45) is 6.21. The number of carbonyl (C=O) groups is 3. The van der Waals surface area contributed by atoms with Crippen molar-refractivity contribution in [2.45, 2.75) is 38.1 Å². The van der Waals surface area contributed by atoms with Gasteiger partial charge in [-0.3, -0.25) is 9.69 Å². The van der Waals surface area contributed by atoms with E-state index in [4.69, 9.17) is 9.47 Å². The smallest absolute Gasteiger partial charge is 0.337 e. The largest absolute Gasteiger partial charge is 0.465 e. The van der Waals surface area contributed by atoms with Crippen LogP contribution in [0.5, 0.6) is 0 Å². The number of esters is 2. The fraction of sp³-hybridized carbons (Fsp3) is 0.550. The Morgan fingerprint density at radius 3 is 2.26 bits per heavy atom. The number of nitrogens with one attached hydrogen (secondary N) is 1. The molecule has 0 spiro atoms. The van der Waals surface area contributed by atoms with E-state index in [2.05, 4.69) is 10.2 Å². The normalized spacial score (nSPS) is 22.0. The summed E-state index contributed by atoms with van der Waals surface area (Å²) in [6, 6.07) is 4.89. The van der Waals surface area contributed by atoms with E-state index in [0.29, 0.717) is 24.2 Å². The molecule has 0 bridgehead atoms. The summed E-state index contributed by atoms with van der Waals surface area (Å²) < 4.78 is 9.43. The Balaban J connectivity index is 1.67. The van der Waals surface area contributed by atoms with Gasteiger partial charge >= 0.3 is 11.9 Å². The summed E-state index contributed by atoms with van der Waals surface area (Å²) >= 11 is 0. The molecule has 1 aliphatic carbocycles. The third-order valence-electron chi connectivity index (χ3n) is 5.46. The second-order valence-corrected chi connectivity index (χ2v) is 7.23. The predicted molar refractivity (Wildman–Crippen MR) is 99.7 cm³/mol. The maximum atomic E-state index is 12.5. The third-order valence-corrected chi connectivity index (χ3v) is 5.46. The van der Waals surface area contributed by atoms with Crippen molar-refractivity contribution in [1.82, 2.24) is 4.90 Å². The number of anilines is 1. The van der Waals surface area contributed by atoms with Crippen LogP contribution in [0.4, 0.5) is 5.69 Å². The first-order valence-electron chi connectivity index (χ1n) is 9.37. The lowest BCUT2D eigenvalue weighted by molar-refractivity contribution is -0.121. The van der Waals surface area contributed by atoms with Crippen LogP contribution in [-0.2, 0) is 14.3 Å². The lowest BCUT2D eigenvalue weighted by atomic mass is 9.84. The van der Waals surface area contributed by atoms with E-state index >= 15 is 0 Å². The van der Waals surface area contributed by atoms with Crippen molar-refractivity contribution in [3.05, 3.63) is 29.3 Å². The molecule has 0 radical (unpaired) electrons. The highest BCUT2D eigenvalue weighted by Crippen LogP contribution is 2.35. The molecule has 2 atom stereocenters. The Kier molecular flexibility index (Phi) is 6.11. The van der Waals surface area contributed by atoms with E-state index < -0.39 is 11.9 Å². The average molecular weight is 374 g/mol. The maximum absolute atomic E-state index is 12.5. The molecule has 7 nitrogen and oxygen atoms in total. The number of hydrogen-bond donors (Lipinski definition) is 1. The monoisotopic (exact) mass is 374 g/mol. The predicted octanol–water partition coefficient (Wildman–Crippen LogP) is 2.46. The maximum Gasteiger partial charge on any atom is 0.337 e. The van der Waals surface area contributed by atoms with Gasteiger partial charge in [0.1, 0.15) is 0 Å². The molecule has 0 aromatic heterocycles. The van der Waals surface area contributed by atoms with Gasteiger partial charge in [-0.25, -0.2) is 9.59 Å². The zero-order valence-corrected chi connectivity index (χ0v) is 15.8. The van der Waals surface area contributed by atoms with E-state index in [9.17, 15) is 14.4 Å². The van der Waals surface area contributed by atoms with Gasteiger partial charge < -0.3 is 14.8 Å². The molecule has 2 fully saturated rings. The van der Waals surface area contributed by atoms with Gasteiger partial charge in [0.15, 0.2) is 0 Å². The zero-order chi connectivity index (χ0) is 19.4. The van der Waals surface area contributed by atoms with Gasteiger partial charge in [-0.15, -0.1) is 0 Å². The van der Waals surface area contributed by atoms with Gasteiger partial charge in [-0.05, 0) is 37.0 Å². The molecular weight excluding hydrogens is 348 g/mol. The van der Waals surface area contributed by atoms with Gasteiger partial charge in [0, 0.05) is 18.3 Å². The third kappa shape index (κ3) is 4.47. The molecule has 1 aliphatic heterocycles. The van der Waals surface area contributed by atoms with E-state index in [1.54, 1.807) is 0 Å². The number of hydrogen-bond acceptors (Lipinski definition) is 6. The van der Waals surface area contributed by atoms with Crippen LogP contribution in [0, 0.1) is 5.92 Å². The minimum Gasteiger partial charge on any atom is -0.465 e. The average Bonchev–Trinajstić information content (AvgIpc) is 2.85. The molecule has 1 aromatic rings. The summed E-state index contributed by atoms with van der Waals surface area (Å²) in [7, 11) is 2.52. The SMILES string of the molecule is COC(=O)c1cc(NC(=O)CN2C[C@H]3CCCCC[C@H]32)cc(C(=O)OC)c1. The van der Waals surface area contributed by atoms with Crippen molar-refractivity contribution >= 4 is 23.5 Å². The second-order valence-electron chi connectivity index (χ2n) is 7.23. The second kappa shape index (κ2) is 8.52. The number of benzene rings is 1. The van der Waals surface area contributed by atoms with Gasteiger partial charge in [-0.2, -0.15) is 0 Å². The van der Waals surface area contributed by atoms with E-state index in [1.165, 1.54) is 58.1 Å². The lowest BCUT2D eigenvalue weighted by Gasteiger charge is -2.47. The molecule has 27 heavy (non-hydrogen) atoms. The van der Waals surface area contributed by atoms with Crippen LogP contribution in [0.15, 0.2) is 18.2 Å². The van der Waals surface area contributed by atoms with Crippen molar-refractivity contribution in [2.75, 3.05) is 32.6 Å². The van der Waals surface area contributed by atoms with Crippen molar-refractivity contribution < 1.29 is 23.9 Å². The molecule has 1 heterocycles. The van der Waals surface area contributed by atoms with Gasteiger partial charge in [0.05, 0.1) is 31.9 Å². The Morgan fingerprint density at radius 1 is 1.00 bits per heavy atom. The van der Waals surface area contributed by atoms with Crippen LogP contribution in [0.1, 0.15) is 52.8 Å². The minimum absolute atomic E-state index is 0.157. The summed E-state index contributed by atoms with van der Waals surface area (Å²) in [5, 5.41) is 2.79. The number of rotatable bonds is 5. The van der Waals surface area contributed by atoms with Crippen LogP contribution >= 0.6 is 0 Å². The van der Waals surface area contributed by atoms with Crippen LogP contribution in [-0.4, -0.2) is 56.1 Å². The highest BCUT2D eigenvalue weighted by atomic mass is 16.5. The number of nitrogens with zero attached hydrogens (tertiary/aromatic N) is 1. The van der Waals surface area contributed by atoms with Crippen LogP contribution in [0.3, 0.4) is 0 Å². The summed E-state index contributed by atoms with van der Waals surface area (Å²) in [5.41, 5.74) is 0.744. The Bertz CT molecular complexity index is 699. The fourth-order valence-electron chi connectivity index (χ4n) is 4.10. The summed E-state index contributed by atoms with van der Waals surface area (Å²) in [4.78, 5) is 38.4. The highest BCUT2D eigenvalue weighted by Gasteiger charge is 2.39. The summed E-state index contributed by atoms with van der Waals surface area (Å²) in [5.74, 6) is -0.606. The molecule has 7 heteroatoms. The van der Waals surface area contributed by atoms with Crippen molar-refractivity contribution in [2.24, 2.45) is 5.92 Å². The van der Waals surface area contributed by atoms with E-state index in [1.807, 2.05) is 0 Å². The van der Waals surface area contributed by atoms with Gasteiger partial charge in [0.25, 0.3) is 0 Å². The number of likely N-dealkylation sites (tertiary alicyclic amines) is 1. The van der Waals surface area contributed by atoms with Crippen molar-refractivity contribution in [3.63, 3.8) is 0 Å². The number of ether oxygens (including phenoxy) is 2. The van der Waals surface area contributed by atoms with Gasteiger partial charge in [-0.1, -0.05) is 19.3 Å². The topological polar surface area (TPSA) is 84.9 Å². The van der Waals surface area contributed by atoms with E-state index in [-0.39, 0.29) is 17.0 Å². The minimum atomic E-state index is -0.583. The Morgan fingerprint density at radius 2 is 1.63 bits per heavy atom. The van der Waals surface area contributed by atoms with Crippen LogP contribution in [0.25, 0.3) is 0 Å². The van der Waals surface area contributed by atoms with Crippen molar-refractivity contribution in [1.29, 1.82) is 0 Å². The lowest BCUT2D eigenvalue weighted by Crippen LogP contribution is -2.57. The van der Waals surface area contributed by atoms with Gasteiger partial charge in [0.2, 0.25) is 5.91 Å². The number of methoxy groups -OCH3 is 2. The van der Waals surface area contributed by atoms with Crippen molar-refractivity contribution in [3.8, 4) is 0 Å². The Labute approximate surface area is 159 Å². The molecule has 1 N–H and O–H groups in total. The molecule has 1 aromatic carbocycles. The van der Waals surface area contributed by atoms with Crippen LogP contribution in [0.2, 0.25) is 0 Å². The number of fused-ring (bicyclic) bond motifs is 1. The first-order chi connectivity index (χ1) is 13.0. The zero-order valence-electron chi connectivity index (χ0n) is 15.8. The Hall–Kier alpha value is -2.41. The molecule has 3 rings (SSSR count). The molecule has 1 saturated carbocycles. The standard InChI is InChI=1S/C20H26N2O5/c1-26-19(24)14-8-15(20(25)27-2)10-16(9-14)21-18(23)12-22-11-13-6-4-3-5-7-17(13)22/h8-10,13,17H,3-7,11-12H2,1-2H3,(H,21,23)/t13-,17-/m1/s1. The molecule has 1 amide bonds. The molecule has 2 aliphatic rings. The molecule has 1 saturated heterocycles. The highest BCUT2D eigenvalue weighted by molar-refractivity contribution is 5.99. The first-order valence-corrected chi connectivity index (χ1v) is 9.37. The van der Waals surface area contributed by atoms with E-state index in [0.717, 1.165) is 13.0 Å². The molecule has 0 unspecified atom stereocenters. The fourth-order valence-corrected chi connectivity index (χ4v) is 4.10. The number of amides is 1. The van der Waals surface area contributed by atoms with Crippen LogP contribution < -0.4 is 5.32 Å². The quantitative estimate of drug-likeness (QED) is 0.797.